The molecule has 4 heteroatoms. The van der Waals surface area contributed by atoms with Crippen molar-refractivity contribution in [3.63, 3.8) is 0 Å². The maximum absolute atomic E-state index is 13.4. The fourth-order valence-corrected chi connectivity index (χ4v) is 1.10. The van der Waals surface area contributed by atoms with Crippen LogP contribution < -0.4 is 4.74 Å². The summed E-state index contributed by atoms with van der Waals surface area (Å²) in [6.07, 6.45) is 0. The lowest BCUT2D eigenvalue weighted by atomic mass is 10.1. The molecule has 0 spiro atoms. The number of benzene rings is 1. The standard InChI is InChI=1S/C10H12FNO2/c1-7(12-14-3)9-5-4-8(13-2)6-10(9)11/h4-6H,1-3H3/b12-7+. The van der Waals surface area contributed by atoms with Crippen molar-refractivity contribution in [2.75, 3.05) is 14.2 Å². The van der Waals surface area contributed by atoms with Crippen molar-refractivity contribution in [3.05, 3.63) is 29.6 Å². The van der Waals surface area contributed by atoms with Gasteiger partial charge >= 0.3 is 0 Å². The molecule has 0 aliphatic heterocycles. The zero-order chi connectivity index (χ0) is 10.6. The summed E-state index contributed by atoms with van der Waals surface area (Å²) in [5.74, 6) is 0.110. The van der Waals surface area contributed by atoms with E-state index in [4.69, 9.17) is 4.74 Å². The van der Waals surface area contributed by atoms with Gasteiger partial charge in [0.05, 0.1) is 12.8 Å². The van der Waals surface area contributed by atoms with E-state index in [1.54, 1.807) is 19.1 Å². The highest BCUT2D eigenvalue weighted by molar-refractivity contribution is 5.98. The number of oxime groups is 1. The Morgan fingerprint density at radius 1 is 1.36 bits per heavy atom. The predicted octanol–water partition coefficient (Wildman–Crippen LogP) is 2.20. The lowest BCUT2D eigenvalue weighted by Gasteiger charge is -2.04. The summed E-state index contributed by atoms with van der Waals surface area (Å²) in [7, 11) is 2.91. The third-order valence-corrected chi connectivity index (χ3v) is 1.79. The van der Waals surface area contributed by atoms with E-state index in [1.807, 2.05) is 0 Å². The van der Waals surface area contributed by atoms with Gasteiger partial charge in [-0.3, -0.25) is 0 Å². The Hall–Kier alpha value is -1.58. The highest BCUT2D eigenvalue weighted by Crippen LogP contribution is 2.16. The van der Waals surface area contributed by atoms with E-state index in [1.165, 1.54) is 20.3 Å². The summed E-state index contributed by atoms with van der Waals surface area (Å²) >= 11 is 0. The number of halogens is 1. The van der Waals surface area contributed by atoms with Crippen molar-refractivity contribution < 1.29 is 14.0 Å². The zero-order valence-corrected chi connectivity index (χ0v) is 8.37. The van der Waals surface area contributed by atoms with Crippen LogP contribution >= 0.6 is 0 Å². The summed E-state index contributed by atoms with van der Waals surface area (Å²) in [4.78, 5) is 4.56. The second-order valence-corrected chi connectivity index (χ2v) is 2.71. The number of hydrogen-bond acceptors (Lipinski definition) is 3. The second kappa shape index (κ2) is 4.60. The average molecular weight is 197 g/mol. The predicted molar refractivity (Wildman–Crippen MR) is 52.2 cm³/mol. The van der Waals surface area contributed by atoms with Crippen LogP contribution in [0.2, 0.25) is 0 Å². The van der Waals surface area contributed by atoms with Gasteiger partial charge in [-0.2, -0.15) is 0 Å². The van der Waals surface area contributed by atoms with E-state index >= 15 is 0 Å². The minimum Gasteiger partial charge on any atom is -0.497 e. The van der Waals surface area contributed by atoms with Crippen molar-refractivity contribution in [1.29, 1.82) is 0 Å². The zero-order valence-electron chi connectivity index (χ0n) is 8.37. The van der Waals surface area contributed by atoms with Crippen molar-refractivity contribution in [2.24, 2.45) is 5.16 Å². The van der Waals surface area contributed by atoms with Gasteiger partial charge in [-0.1, -0.05) is 5.16 Å². The van der Waals surface area contributed by atoms with E-state index < -0.39 is 0 Å². The van der Waals surface area contributed by atoms with E-state index in [9.17, 15) is 4.39 Å². The van der Waals surface area contributed by atoms with Gasteiger partial charge in [0, 0.05) is 11.6 Å². The van der Waals surface area contributed by atoms with Crippen LogP contribution in [0.1, 0.15) is 12.5 Å². The Morgan fingerprint density at radius 2 is 2.07 bits per heavy atom. The average Bonchev–Trinajstić information content (AvgIpc) is 2.17. The topological polar surface area (TPSA) is 30.8 Å². The number of ether oxygens (including phenoxy) is 1. The molecule has 0 heterocycles. The van der Waals surface area contributed by atoms with Crippen molar-refractivity contribution >= 4 is 5.71 Å². The van der Waals surface area contributed by atoms with Gasteiger partial charge in [0.25, 0.3) is 0 Å². The summed E-state index contributed by atoms with van der Waals surface area (Å²) < 4.78 is 18.3. The molecule has 76 valence electrons. The molecule has 0 bridgehead atoms. The molecule has 0 amide bonds. The SMILES string of the molecule is CO/N=C(\C)c1ccc(OC)cc1F. The van der Waals surface area contributed by atoms with E-state index in [0.29, 0.717) is 17.0 Å². The maximum Gasteiger partial charge on any atom is 0.136 e. The molecule has 1 rings (SSSR count). The minimum atomic E-state index is -0.373. The molecule has 0 radical (unpaired) electrons. The Bertz CT molecular complexity index is 350. The van der Waals surface area contributed by atoms with E-state index in [0.717, 1.165) is 0 Å². The second-order valence-electron chi connectivity index (χ2n) is 2.71. The smallest absolute Gasteiger partial charge is 0.136 e. The van der Waals surface area contributed by atoms with Crippen LogP contribution in [-0.4, -0.2) is 19.9 Å². The van der Waals surface area contributed by atoms with Crippen molar-refractivity contribution in [2.45, 2.75) is 6.92 Å². The highest BCUT2D eigenvalue weighted by atomic mass is 19.1. The molecule has 1 aromatic carbocycles. The van der Waals surface area contributed by atoms with E-state index in [2.05, 4.69) is 9.99 Å². The number of hydrogen-bond donors (Lipinski definition) is 0. The largest absolute Gasteiger partial charge is 0.497 e. The molecule has 0 fully saturated rings. The van der Waals surface area contributed by atoms with Gasteiger partial charge in [0.2, 0.25) is 0 Å². The first-order valence-electron chi connectivity index (χ1n) is 4.10. The summed E-state index contributed by atoms with van der Waals surface area (Å²) in [6.45, 7) is 1.67. The summed E-state index contributed by atoms with van der Waals surface area (Å²) in [5.41, 5.74) is 0.903. The molecule has 0 unspecified atom stereocenters. The summed E-state index contributed by atoms with van der Waals surface area (Å²) in [6, 6.07) is 4.59. The molecule has 1 aromatic rings. The fourth-order valence-electron chi connectivity index (χ4n) is 1.10. The molecule has 0 aliphatic carbocycles. The maximum atomic E-state index is 13.4. The monoisotopic (exact) mass is 197 g/mol. The van der Waals surface area contributed by atoms with Crippen LogP contribution in [-0.2, 0) is 4.84 Å². The lowest BCUT2D eigenvalue weighted by Crippen LogP contribution is -1.99. The molecular weight excluding hydrogens is 185 g/mol. The van der Waals surface area contributed by atoms with Crippen LogP contribution in [0.15, 0.2) is 23.4 Å². The minimum absolute atomic E-state index is 0.373. The molecule has 0 N–H and O–H groups in total. The van der Waals surface area contributed by atoms with Crippen LogP contribution in [0.3, 0.4) is 0 Å². The molecule has 0 saturated heterocycles. The highest BCUT2D eigenvalue weighted by Gasteiger charge is 2.06. The van der Waals surface area contributed by atoms with Gasteiger partial charge < -0.3 is 9.57 Å². The number of nitrogens with zero attached hydrogens (tertiary/aromatic N) is 1. The van der Waals surface area contributed by atoms with Crippen molar-refractivity contribution in [3.8, 4) is 5.75 Å². The van der Waals surface area contributed by atoms with Crippen LogP contribution in [0.4, 0.5) is 4.39 Å². The van der Waals surface area contributed by atoms with E-state index in [-0.39, 0.29) is 5.82 Å². The van der Waals surface area contributed by atoms with Crippen LogP contribution in [0.25, 0.3) is 0 Å². The van der Waals surface area contributed by atoms with Crippen LogP contribution in [0, 0.1) is 5.82 Å². The number of rotatable bonds is 3. The first-order valence-corrected chi connectivity index (χ1v) is 4.10. The van der Waals surface area contributed by atoms with Gasteiger partial charge in [0.15, 0.2) is 0 Å². The first-order chi connectivity index (χ1) is 6.69. The fraction of sp³-hybridized carbons (Fsp3) is 0.300. The Balaban J connectivity index is 3.05. The molecule has 3 nitrogen and oxygen atoms in total. The molecular formula is C10H12FNO2. The summed E-state index contributed by atoms with van der Waals surface area (Å²) in [5, 5.41) is 3.65. The normalized spacial score (nSPS) is 11.3. The van der Waals surface area contributed by atoms with Gasteiger partial charge in [-0.05, 0) is 19.1 Å². The van der Waals surface area contributed by atoms with Crippen LogP contribution in [0.5, 0.6) is 5.75 Å². The van der Waals surface area contributed by atoms with Gasteiger partial charge in [-0.25, -0.2) is 4.39 Å². The molecule has 0 atom stereocenters. The number of methoxy groups -OCH3 is 1. The Labute approximate surface area is 82.1 Å². The molecule has 0 aromatic heterocycles. The lowest BCUT2D eigenvalue weighted by molar-refractivity contribution is 0.213. The Morgan fingerprint density at radius 3 is 2.57 bits per heavy atom. The third-order valence-electron chi connectivity index (χ3n) is 1.79. The van der Waals surface area contributed by atoms with Gasteiger partial charge in [-0.15, -0.1) is 0 Å². The van der Waals surface area contributed by atoms with Gasteiger partial charge in [0.1, 0.15) is 18.7 Å². The molecule has 0 aliphatic rings. The Kier molecular flexibility index (Phi) is 3.45. The quantitative estimate of drug-likeness (QED) is 0.549. The molecule has 14 heavy (non-hydrogen) atoms. The van der Waals surface area contributed by atoms with Crippen molar-refractivity contribution in [1.82, 2.24) is 0 Å². The first kappa shape index (κ1) is 10.5. The molecule has 0 saturated carbocycles. The third kappa shape index (κ3) is 2.22.